The molecule has 0 bridgehead atoms. The van der Waals surface area contributed by atoms with Crippen LogP contribution >= 0.6 is 0 Å². The molecule has 2 atom stereocenters. The van der Waals surface area contributed by atoms with Crippen LogP contribution in [0.15, 0.2) is 18.2 Å². The third-order valence-electron chi connectivity index (χ3n) is 3.47. The number of aliphatic hydroxyl groups excluding tert-OH is 1. The second-order valence-corrected chi connectivity index (χ2v) is 4.90. The van der Waals surface area contributed by atoms with Crippen molar-refractivity contribution in [1.82, 2.24) is 5.32 Å². The molecular formula is C14H17F2NO2. The summed E-state index contributed by atoms with van der Waals surface area (Å²) < 4.78 is 26.8. The summed E-state index contributed by atoms with van der Waals surface area (Å²) in [5.41, 5.74) is -0.231. The number of amides is 1. The fourth-order valence-electron chi connectivity index (χ4n) is 2.40. The maximum atomic E-state index is 13.4. The number of aliphatic hydroxyl groups is 1. The summed E-state index contributed by atoms with van der Waals surface area (Å²) in [5.74, 6) is -1.91. The summed E-state index contributed by atoms with van der Waals surface area (Å²) in [6, 6.07) is 3.20. The Morgan fingerprint density at radius 2 is 1.89 bits per heavy atom. The fourth-order valence-corrected chi connectivity index (χ4v) is 2.40. The van der Waals surface area contributed by atoms with E-state index in [-0.39, 0.29) is 18.0 Å². The fraction of sp³-hybridized carbons (Fsp3) is 0.500. The van der Waals surface area contributed by atoms with Gasteiger partial charge in [-0.05, 0) is 25.0 Å². The van der Waals surface area contributed by atoms with Gasteiger partial charge in [-0.3, -0.25) is 4.79 Å². The second kappa shape index (κ2) is 6.10. The molecule has 1 aliphatic rings. The molecule has 19 heavy (non-hydrogen) atoms. The topological polar surface area (TPSA) is 49.3 Å². The van der Waals surface area contributed by atoms with E-state index < -0.39 is 23.6 Å². The van der Waals surface area contributed by atoms with E-state index in [1.54, 1.807) is 0 Å². The van der Waals surface area contributed by atoms with Crippen molar-refractivity contribution >= 4 is 5.91 Å². The van der Waals surface area contributed by atoms with Gasteiger partial charge in [0, 0.05) is 5.56 Å². The van der Waals surface area contributed by atoms with Crippen LogP contribution in [-0.4, -0.2) is 23.2 Å². The van der Waals surface area contributed by atoms with Crippen molar-refractivity contribution in [2.75, 3.05) is 0 Å². The largest absolute Gasteiger partial charge is 0.391 e. The Bertz CT molecular complexity index is 445. The predicted molar refractivity (Wildman–Crippen MR) is 66.5 cm³/mol. The van der Waals surface area contributed by atoms with Gasteiger partial charge in [0.05, 0.1) is 18.6 Å². The van der Waals surface area contributed by atoms with E-state index in [1.807, 2.05) is 0 Å². The highest BCUT2D eigenvalue weighted by atomic mass is 19.1. The van der Waals surface area contributed by atoms with Crippen molar-refractivity contribution in [2.45, 2.75) is 44.2 Å². The molecule has 1 aromatic rings. The molecular weight excluding hydrogens is 252 g/mol. The average Bonchev–Trinajstić information content (AvgIpc) is 2.37. The molecule has 1 fully saturated rings. The first kappa shape index (κ1) is 13.9. The van der Waals surface area contributed by atoms with Gasteiger partial charge < -0.3 is 10.4 Å². The lowest BCUT2D eigenvalue weighted by Crippen LogP contribution is -2.45. The molecule has 0 heterocycles. The van der Waals surface area contributed by atoms with Crippen molar-refractivity contribution in [3.8, 4) is 0 Å². The van der Waals surface area contributed by atoms with Crippen LogP contribution in [0.1, 0.15) is 31.2 Å². The highest BCUT2D eigenvalue weighted by Gasteiger charge is 2.25. The SMILES string of the molecule is O=C(Cc1c(F)cccc1F)N[C@H]1CCCC[C@@H]1O. The first-order valence-corrected chi connectivity index (χ1v) is 6.48. The van der Waals surface area contributed by atoms with Gasteiger partial charge in [0.1, 0.15) is 11.6 Å². The number of hydrogen-bond acceptors (Lipinski definition) is 2. The zero-order chi connectivity index (χ0) is 13.8. The van der Waals surface area contributed by atoms with Gasteiger partial charge in [-0.25, -0.2) is 8.78 Å². The molecule has 0 aliphatic heterocycles. The highest BCUT2D eigenvalue weighted by Crippen LogP contribution is 2.19. The molecule has 1 saturated carbocycles. The van der Waals surface area contributed by atoms with Gasteiger partial charge in [-0.2, -0.15) is 0 Å². The third kappa shape index (κ3) is 3.50. The molecule has 0 spiro atoms. The minimum Gasteiger partial charge on any atom is -0.391 e. The number of halogens is 2. The Morgan fingerprint density at radius 3 is 2.53 bits per heavy atom. The Kier molecular flexibility index (Phi) is 4.47. The van der Waals surface area contributed by atoms with Crippen LogP contribution in [0.4, 0.5) is 8.78 Å². The molecule has 0 radical (unpaired) electrons. The van der Waals surface area contributed by atoms with Crippen LogP contribution in [0.2, 0.25) is 0 Å². The lowest BCUT2D eigenvalue weighted by Gasteiger charge is -2.28. The minimum atomic E-state index is -0.723. The van der Waals surface area contributed by atoms with Gasteiger partial charge in [0.25, 0.3) is 0 Å². The number of carbonyl (C=O) groups excluding carboxylic acids is 1. The van der Waals surface area contributed by atoms with Gasteiger partial charge in [0.2, 0.25) is 5.91 Å². The van der Waals surface area contributed by atoms with E-state index in [2.05, 4.69) is 5.32 Å². The summed E-state index contributed by atoms with van der Waals surface area (Å²) in [4.78, 5) is 11.8. The zero-order valence-corrected chi connectivity index (χ0v) is 10.5. The molecule has 2 N–H and O–H groups in total. The molecule has 1 aromatic carbocycles. The van der Waals surface area contributed by atoms with E-state index in [4.69, 9.17) is 0 Å². The Hall–Kier alpha value is -1.49. The Morgan fingerprint density at radius 1 is 1.26 bits per heavy atom. The predicted octanol–water partition coefficient (Wildman–Crippen LogP) is 1.93. The number of benzene rings is 1. The van der Waals surface area contributed by atoms with Gasteiger partial charge >= 0.3 is 0 Å². The Labute approximate surface area is 110 Å². The average molecular weight is 269 g/mol. The lowest BCUT2D eigenvalue weighted by atomic mass is 9.92. The summed E-state index contributed by atoms with van der Waals surface area (Å²) >= 11 is 0. The standard InChI is InChI=1S/C14H17F2NO2/c15-10-4-3-5-11(16)9(10)8-14(19)17-12-6-1-2-7-13(12)18/h3-5,12-13,18H,1-2,6-8H2,(H,17,19)/t12-,13-/m0/s1. The number of carbonyl (C=O) groups is 1. The summed E-state index contributed by atoms with van der Waals surface area (Å²) in [5, 5.41) is 12.4. The van der Waals surface area contributed by atoms with E-state index in [0.29, 0.717) is 12.8 Å². The van der Waals surface area contributed by atoms with Gasteiger partial charge in [-0.1, -0.05) is 18.9 Å². The summed E-state index contributed by atoms with van der Waals surface area (Å²) in [6.07, 6.45) is 2.32. The molecule has 5 heteroatoms. The van der Waals surface area contributed by atoms with Gasteiger partial charge in [-0.15, -0.1) is 0 Å². The number of nitrogens with one attached hydrogen (secondary N) is 1. The van der Waals surface area contributed by atoms with Crippen LogP contribution in [0.3, 0.4) is 0 Å². The zero-order valence-electron chi connectivity index (χ0n) is 10.5. The van der Waals surface area contributed by atoms with E-state index in [1.165, 1.54) is 6.07 Å². The molecule has 1 amide bonds. The first-order chi connectivity index (χ1) is 9.08. The molecule has 0 unspecified atom stereocenters. The van der Waals surface area contributed by atoms with E-state index in [9.17, 15) is 18.7 Å². The molecule has 104 valence electrons. The van der Waals surface area contributed by atoms with Crippen LogP contribution in [0.25, 0.3) is 0 Å². The normalized spacial score (nSPS) is 23.1. The number of hydrogen-bond donors (Lipinski definition) is 2. The molecule has 1 aliphatic carbocycles. The van der Waals surface area contributed by atoms with Crippen LogP contribution in [0, 0.1) is 11.6 Å². The monoisotopic (exact) mass is 269 g/mol. The van der Waals surface area contributed by atoms with Gasteiger partial charge in [0.15, 0.2) is 0 Å². The second-order valence-electron chi connectivity index (χ2n) is 4.90. The Balaban J connectivity index is 1.97. The highest BCUT2D eigenvalue weighted by molar-refractivity contribution is 5.79. The molecule has 3 nitrogen and oxygen atoms in total. The minimum absolute atomic E-state index is 0.231. The summed E-state index contributed by atoms with van der Waals surface area (Å²) in [6.45, 7) is 0. The molecule has 0 aromatic heterocycles. The van der Waals surface area contributed by atoms with Crippen LogP contribution in [-0.2, 0) is 11.2 Å². The quantitative estimate of drug-likeness (QED) is 0.881. The first-order valence-electron chi connectivity index (χ1n) is 6.48. The number of rotatable bonds is 3. The van der Waals surface area contributed by atoms with Crippen molar-refractivity contribution < 1.29 is 18.7 Å². The van der Waals surface area contributed by atoms with Crippen molar-refractivity contribution in [3.05, 3.63) is 35.4 Å². The van der Waals surface area contributed by atoms with Crippen molar-refractivity contribution in [2.24, 2.45) is 0 Å². The molecule has 0 saturated heterocycles. The van der Waals surface area contributed by atoms with Crippen molar-refractivity contribution in [3.63, 3.8) is 0 Å². The lowest BCUT2D eigenvalue weighted by molar-refractivity contribution is -0.122. The van der Waals surface area contributed by atoms with Crippen molar-refractivity contribution in [1.29, 1.82) is 0 Å². The maximum absolute atomic E-state index is 13.4. The maximum Gasteiger partial charge on any atom is 0.224 e. The van der Waals surface area contributed by atoms with Crippen LogP contribution < -0.4 is 5.32 Å². The van der Waals surface area contributed by atoms with Crippen LogP contribution in [0.5, 0.6) is 0 Å². The van der Waals surface area contributed by atoms with E-state index in [0.717, 1.165) is 25.0 Å². The smallest absolute Gasteiger partial charge is 0.224 e. The third-order valence-corrected chi connectivity index (χ3v) is 3.47. The summed E-state index contributed by atoms with van der Waals surface area (Å²) in [7, 11) is 0. The van der Waals surface area contributed by atoms with E-state index >= 15 is 0 Å². The molecule has 2 rings (SSSR count).